The molecule has 1 aliphatic heterocycles. The van der Waals surface area contributed by atoms with Crippen molar-refractivity contribution in [2.24, 2.45) is 0 Å². The van der Waals surface area contributed by atoms with Crippen molar-refractivity contribution >= 4 is 32.8 Å². The molecule has 0 saturated carbocycles. The minimum Gasteiger partial charge on any atom is -0.450 e. The Bertz CT molecular complexity index is 1340. The van der Waals surface area contributed by atoms with Crippen LogP contribution in [0.1, 0.15) is 23.4 Å². The average molecular weight is 480 g/mol. The van der Waals surface area contributed by atoms with E-state index in [0.717, 1.165) is 5.56 Å². The van der Waals surface area contributed by atoms with Gasteiger partial charge in [0.25, 0.3) is 0 Å². The lowest BCUT2D eigenvalue weighted by molar-refractivity contribution is 0.105. The lowest BCUT2D eigenvalue weighted by Gasteiger charge is -2.35. The van der Waals surface area contributed by atoms with Crippen LogP contribution in [0, 0.1) is 18.3 Å². The molecule has 1 saturated heterocycles. The summed E-state index contributed by atoms with van der Waals surface area (Å²) in [5.41, 5.74) is 2.11. The van der Waals surface area contributed by atoms with Gasteiger partial charge in [-0.2, -0.15) is 5.26 Å². The van der Waals surface area contributed by atoms with Gasteiger partial charge in [-0.05, 0) is 38.1 Å². The minimum atomic E-state index is -4.06. The van der Waals surface area contributed by atoms with Gasteiger partial charge < -0.3 is 14.5 Å². The Balaban J connectivity index is 1.76. The number of nitrogens with zero attached hydrogens (tertiary/aromatic N) is 5. The number of hydrogen-bond donors (Lipinski definition) is 0. The molecule has 0 N–H and O–H groups in total. The second kappa shape index (κ2) is 9.65. The van der Waals surface area contributed by atoms with Crippen molar-refractivity contribution < 1.29 is 17.9 Å². The van der Waals surface area contributed by atoms with Crippen molar-refractivity contribution in [1.82, 2.24) is 14.9 Å². The number of sulfone groups is 1. The summed E-state index contributed by atoms with van der Waals surface area (Å²) < 4.78 is 32.0. The molecule has 0 unspecified atom stereocenters. The van der Waals surface area contributed by atoms with E-state index in [-0.39, 0.29) is 16.7 Å². The zero-order valence-corrected chi connectivity index (χ0v) is 19.8. The molecule has 34 heavy (non-hydrogen) atoms. The second-order valence-corrected chi connectivity index (χ2v) is 9.99. The fourth-order valence-electron chi connectivity index (χ4n) is 3.87. The molecule has 176 valence electrons. The van der Waals surface area contributed by atoms with Crippen LogP contribution < -0.4 is 4.90 Å². The van der Waals surface area contributed by atoms with Crippen LogP contribution in [-0.4, -0.2) is 62.2 Å². The average Bonchev–Trinajstić information content (AvgIpc) is 2.84. The molecule has 4 rings (SSSR count). The van der Waals surface area contributed by atoms with Crippen molar-refractivity contribution in [2.75, 3.05) is 37.7 Å². The highest BCUT2D eigenvalue weighted by Crippen LogP contribution is 2.34. The Hall–Kier alpha value is -3.71. The third-order valence-electron chi connectivity index (χ3n) is 5.71. The SMILES string of the molecule is CCOC(=O)N1CCN(c2nc3ccccc3nc2[C@@H](C#N)S(=O)(=O)c2ccc(C)cc2)CC1. The van der Waals surface area contributed by atoms with E-state index in [1.54, 1.807) is 42.2 Å². The molecule has 1 atom stereocenters. The number of nitriles is 1. The second-order valence-electron chi connectivity index (χ2n) is 7.96. The molecule has 0 aliphatic carbocycles. The number of carbonyl (C=O) groups excluding carboxylic acids is 1. The predicted octanol–water partition coefficient (Wildman–Crippen LogP) is 3.26. The zero-order valence-electron chi connectivity index (χ0n) is 19.0. The molecule has 1 aromatic heterocycles. The summed E-state index contributed by atoms with van der Waals surface area (Å²) in [6.45, 7) is 5.48. The van der Waals surface area contributed by atoms with Crippen molar-refractivity contribution in [2.45, 2.75) is 24.0 Å². The zero-order chi connectivity index (χ0) is 24.3. The molecule has 3 aromatic rings. The fourth-order valence-corrected chi connectivity index (χ4v) is 5.25. The first-order chi connectivity index (χ1) is 16.3. The van der Waals surface area contributed by atoms with Crippen LogP contribution in [0.25, 0.3) is 11.0 Å². The molecule has 9 nitrogen and oxygen atoms in total. The first-order valence-electron chi connectivity index (χ1n) is 11.0. The van der Waals surface area contributed by atoms with Gasteiger partial charge >= 0.3 is 6.09 Å². The number of anilines is 1. The smallest absolute Gasteiger partial charge is 0.409 e. The number of rotatable bonds is 5. The number of hydrogen-bond acceptors (Lipinski definition) is 8. The first kappa shape index (κ1) is 23.4. The normalized spacial score (nSPS) is 15.1. The number of ether oxygens (including phenoxy) is 1. The lowest BCUT2D eigenvalue weighted by Crippen LogP contribution is -2.49. The summed E-state index contributed by atoms with van der Waals surface area (Å²) in [5.74, 6) is 0.337. The van der Waals surface area contributed by atoms with Gasteiger partial charge in [-0.3, -0.25) is 0 Å². The molecule has 10 heteroatoms. The molecule has 1 fully saturated rings. The van der Waals surface area contributed by atoms with E-state index in [0.29, 0.717) is 49.6 Å². The van der Waals surface area contributed by atoms with E-state index >= 15 is 0 Å². The molecule has 0 bridgehead atoms. The number of amides is 1. The number of piperazine rings is 1. The predicted molar refractivity (Wildman–Crippen MR) is 127 cm³/mol. The van der Waals surface area contributed by atoms with Crippen LogP contribution in [0.4, 0.5) is 10.6 Å². The maximum absolute atomic E-state index is 13.5. The molecule has 1 amide bonds. The summed E-state index contributed by atoms with van der Waals surface area (Å²) in [6, 6.07) is 15.5. The summed E-state index contributed by atoms with van der Waals surface area (Å²) in [6.07, 6.45) is -0.385. The van der Waals surface area contributed by atoms with Gasteiger partial charge in [-0.15, -0.1) is 0 Å². The number of aryl methyl sites for hydroxylation is 1. The molecular weight excluding hydrogens is 454 g/mol. The standard InChI is InChI=1S/C24H25N5O4S/c1-3-33-24(30)29-14-12-28(13-15-29)23-22(26-19-6-4-5-7-20(19)27-23)21(16-25)34(31,32)18-10-8-17(2)9-11-18/h4-11,21H,3,12-15H2,1-2H3/t21-/m1/s1. The Morgan fingerprint density at radius 3 is 2.26 bits per heavy atom. The summed E-state index contributed by atoms with van der Waals surface area (Å²) in [4.78, 5) is 24.9. The monoisotopic (exact) mass is 479 g/mol. The number of fused-ring (bicyclic) bond motifs is 1. The van der Waals surface area contributed by atoms with E-state index in [1.165, 1.54) is 12.1 Å². The molecule has 1 aliphatic rings. The number of para-hydroxylation sites is 2. The van der Waals surface area contributed by atoms with Gasteiger partial charge in [0.15, 0.2) is 11.1 Å². The Kier molecular flexibility index (Phi) is 6.65. The largest absolute Gasteiger partial charge is 0.450 e. The van der Waals surface area contributed by atoms with E-state index in [2.05, 4.69) is 4.98 Å². The highest BCUT2D eigenvalue weighted by Gasteiger charge is 2.36. The van der Waals surface area contributed by atoms with Crippen LogP contribution in [0.5, 0.6) is 0 Å². The molecule has 0 spiro atoms. The topological polar surface area (TPSA) is 116 Å². The van der Waals surface area contributed by atoms with Crippen molar-refractivity contribution in [3.05, 3.63) is 59.8 Å². The summed E-state index contributed by atoms with van der Waals surface area (Å²) in [5, 5.41) is 8.48. The maximum atomic E-state index is 13.5. The van der Waals surface area contributed by atoms with Crippen LogP contribution in [0.3, 0.4) is 0 Å². The van der Waals surface area contributed by atoms with E-state index in [1.807, 2.05) is 24.0 Å². The maximum Gasteiger partial charge on any atom is 0.409 e. The molecule has 2 aromatic carbocycles. The van der Waals surface area contributed by atoms with Gasteiger partial charge in [0.1, 0.15) is 5.69 Å². The van der Waals surface area contributed by atoms with Crippen molar-refractivity contribution in [1.29, 1.82) is 5.26 Å². The Morgan fingerprint density at radius 1 is 1.06 bits per heavy atom. The number of carbonyl (C=O) groups is 1. The van der Waals surface area contributed by atoms with Crippen LogP contribution in [0.15, 0.2) is 53.4 Å². The van der Waals surface area contributed by atoms with Crippen molar-refractivity contribution in [3.8, 4) is 6.07 Å². The number of aromatic nitrogens is 2. The van der Waals surface area contributed by atoms with Gasteiger partial charge in [0.2, 0.25) is 9.84 Å². The molecule has 2 heterocycles. The van der Waals surface area contributed by atoms with E-state index in [4.69, 9.17) is 9.72 Å². The fraction of sp³-hybridized carbons (Fsp3) is 0.333. The van der Waals surface area contributed by atoms with E-state index in [9.17, 15) is 18.5 Å². The highest BCUT2D eigenvalue weighted by molar-refractivity contribution is 7.92. The van der Waals surface area contributed by atoms with Crippen molar-refractivity contribution in [3.63, 3.8) is 0 Å². The van der Waals surface area contributed by atoms with E-state index < -0.39 is 15.1 Å². The quantitative estimate of drug-likeness (QED) is 0.547. The minimum absolute atomic E-state index is 0.0534. The summed E-state index contributed by atoms with van der Waals surface area (Å²) in [7, 11) is -4.06. The number of benzene rings is 2. The third-order valence-corrected chi connectivity index (χ3v) is 7.59. The first-order valence-corrected chi connectivity index (χ1v) is 12.5. The van der Waals surface area contributed by atoms with Gasteiger partial charge in [0.05, 0.1) is 28.6 Å². The lowest BCUT2D eigenvalue weighted by atomic mass is 10.2. The molecule has 0 radical (unpaired) electrons. The van der Waals surface area contributed by atoms with Crippen LogP contribution in [0.2, 0.25) is 0 Å². The molecular formula is C24H25N5O4S. The van der Waals surface area contributed by atoms with Crippen LogP contribution in [-0.2, 0) is 14.6 Å². The highest BCUT2D eigenvalue weighted by atomic mass is 32.2. The van der Waals surface area contributed by atoms with Crippen LogP contribution >= 0.6 is 0 Å². The third kappa shape index (κ3) is 4.52. The Morgan fingerprint density at radius 2 is 1.68 bits per heavy atom. The van der Waals surface area contributed by atoms with Gasteiger partial charge in [-0.25, -0.2) is 23.2 Å². The summed E-state index contributed by atoms with van der Waals surface area (Å²) >= 11 is 0. The van der Waals surface area contributed by atoms with Gasteiger partial charge in [0, 0.05) is 26.2 Å². The Labute approximate surface area is 198 Å². The van der Waals surface area contributed by atoms with Gasteiger partial charge in [-0.1, -0.05) is 29.8 Å².